The van der Waals surface area contributed by atoms with Crippen molar-refractivity contribution in [3.63, 3.8) is 0 Å². The van der Waals surface area contributed by atoms with Crippen LogP contribution in [0.15, 0.2) is 42.6 Å². The largest absolute Gasteiger partial charge is 0.321 e. The molecule has 106 valence electrons. The average Bonchev–Trinajstić information content (AvgIpc) is 2.76. The van der Waals surface area contributed by atoms with Gasteiger partial charge in [-0.3, -0.25) is 9.20 Å². The van der Waals surface area contributed by atoms with Crippen molar-refractivity contribution in [3.8, 4) is 0 Å². The number of anilines is 1. The van der Waals surface area contributed by atoms with Crippen LogP contribution in [0.1, 0.15) is 21.7 Å². The van der Waals surface area contributed by atoms with Crippen LogP contribution in [-0.4, -0.2) is 15.3 Å². The Morgan fingerprint density at radius 3 is 2.57 bits per heavy atom. The maximum absolute atomic E-state index is 12.5. The molecule has 0 unspecified atom stereocenters. The van der Waals surface area contributed by atoms with E-state index >= 15 is 0 Å². The molecule has 0 atom stereocenters. The molecule has 0 aliphatic carbocycles. The summed E-state index contributed by atoms with van der Waals surface area (Å²) in [5.41, 5.74) is 3.95. The number of fused-ring (bicyclic) bond motifs is 1. The summed E-state index contributed by atoms with van der Waals surface area (Å²) in [7, 11) is 0. The molecule has 3 rings (SSSR count). The number of nitrogens with zero attached hydrogens (tertiary/aromatic N) is 2. The van der Waals surface area contributed by atoms with E-state index in [0.717, 1.165) is 26.2 Å². The fourth-order valence-electron chi connectivity index (χ4n) is 2.27. The second-order valence-corrected chi connectivity index (χ2v) is 6.19. The molecule has 1 amide bonds. The summed E-state index contributed by atoms with van der Waals surface area (Å²) >= 11 is 2.23. The van der Waals surface area contributed by atoms with Crippen molar-refractivity contribution >= 4 is 39.8 Å². The van der Waals surface area contributed by atoms with E-state index in [9.17, 15) is 4.79 Å². The fourth-order valence-corrected chi connectivity index (χ4v) is 2.63. The lowest BCUT2D eigenvalue weighted by molar-refractivity contribution is 0.102. The van der Waals surface area contributed by atoms with Crippen molar-refractivity contribution in [2.24, 2.45) is 0 Å². The van der Waals surface area contributed by atoms with Crippen molar-refractivity contribution in [2.45, 2.75) is 13.8 Å². The maximum atomic E-state index is 12.5. The number of halogens is 1. The minimum atomic E-state index is -0.146. The number of aromatic nitrogens is 2. The Hall–Kier alpha value is -1.89. The third kappa shape index (κ3) is 2.78. The van der Waals surface area contributed by atoms with Gasteiger partial charge in [-0.15, -0.1) is 0 Å². The molecule has 3 aromatic rings. The Balaban J connectivity index is 1.99. The van der Waals surface area contributed by atoms with Crippen LogP contribution in [0.2, 0.25) is 0 Å². The van der Waals surface area contributed by atoms with Crippen LogP contribution in [-0.2, 0) is 0 Å². The molecule has 2 heterocycles. The van der Waals surface area contributed by atoms with E-state index in [0.29, 0.717) is 5.69 Å². The number of nitrogens with one attached hydrogen (secondary N) is 1. The highest BCUT2D eigenvalue weighted by Crippen LogP contribution is 2.16. The van der Waals surface area contributed by atoms with Gasteiger partial charge in [-0.2, -0.15) is 0 Å². The van der Waals surface area contributed by atoms with E-state index in [1.165, 1.54) is 0 Å². The van der Waals surface area contributed by atoms with Crippen molar-refractivity contribution in [3.05, 3.63) is 63.1 Å². The number of hydrogen-bond acceptors (Lipinski definition) is 2. The Labute approximate surface area is 136 Å². The molecular formula is C16H14IN3O. The van der Waals surface area contributed by atoms with Gasteiger partial charge in [0.2, 0.25) is 0 Å². The number of aryl methyl sites for hydroxylation is 2. The summed E-state index contributed by atoms with van der Waals surface area (Å²) in [4.78, 5) is 17.0. The van der Waals surface area contributed by atoms with Gasteiger partial charge in [0.1, 0.15) is 11.3 Å². The van der Waals surface area contributed by atoms with Gasteiger partial charge in [-0.1, -0.05) is 6.07 Å². The molecule has 2 aromatic heterocycles. The first kappa shape index (κ1) is 14.1. The van der Waals surface area contributed by atoms with Crippen molar-refractivity contribution in [1.82, 2.24) is 9.38 Å². The van der Waals surface area contributed by atoms with Crippen LogP contribution in [0.4, 0.5) is 5.69 Å². The summed E-state index contributed by atoms with van der Waals surface area (Å²) < 4.78 is 2.97. The van der Waals surface area contributed by atoms with E-state index in [-0.39, 0.29) is 5.91 Å². The summed E-state index contributed by atoms with van der Waals surface area (Å²) in [6.07, 6.45) is 1.93. The van der Waals surface area contributed by atoms with Crippen molar-refractivity contribution < 1.29 is 4.79 Å². The van der Waals surface area contributed by atoms with E-state index in [1.807, 2.05) is 60.8 Å². The maximum Gasteiger partial charge on any atom is 0.274 e. The number of hydrogen-bond donors (Lipinski definition) is 1. The Kier molecular flexibility index (Phi) is 3.67. The lowest BCUT2D eigenvalue weighted by Gasteiger charge is -2.06. The SMILES string of the molecule is Cc1ccc2nc(C)c(C(=O)Nc3ccc(I)cc3)n2c1. The normalized spacial score (nSPS) is 10.8. The van der Waals surface area contributed by atoms with Gasteiger partial charge in [-0.25, -0.2) is 4.98 Å². The van der Waals surface area contributed by atoms with Gasteiger partial charge in [0, 0.05) is 15.5 Å². The van der Waals surface area contributed by atoms with Crippen molar-refractivity contribution in [1.29, 1.82) is 0 Å². The molecule has 4 nitrogen and oxygen atoms in total. The van der Waals surface area contributed by atoms with E-state index in [2.05, 4.69) is 32.9 Å². The first-order valence-corrected chi connectivity index (χ1v) is 7.65. The number of carbonyl (C=O) groups excluding carboxylic acids is 1. The summed E-state index contributed by atoms with van der Waals surface area (Å²) in [5, 5.41) is 2.92. The van der Waals surface area contributed by atoms with Gasteiger partial charge in [0.15, 0.2) is 0 Å². The molecule has 0 saturated carbocycles. The van der Waals surface area contributed by atoms with Crippen LogP contribution < -0.4 is 5.32 Å². The smallest absolute Gasteiger partial charge is 0.274 e. The molecule has 0 bridgehead atoms. The monoisotopic (exact) mass is 391 g/mol. The topological polar surface area (TPSA) is 46.4 Å². The lowest BCUT2D eigenvalue weighted by Crippen LogP contribution is -2.15. The molecule has 0 saturated heterocycles. The fraction of sp³-hybridized carbons (Fsp3) is 0.125. The molecule has 0 aliphatic rings. The van der Waals surface area contributed by atoms with Crippen molar-refractivity contribution in [2.75, 3.05) is 5.32 Å². The Morgan fingerprint density at radius 1 is 1.14 bits per heavy atom. The average molecular weight is 391 g/mol. The molecule has 1 N–H and O–H groups in total. The Bertz CT molecular complexity index is 821. The standard InChI is InChI=1S/C16H14IN3O/c1-10-3-8-14-18-11(2)15(20(14)9-10)16(21)19-13-6-4-12(17)5-7-13/h3-9H,1-2H3,(H,19,21). The van der Waals surface area contributed by atoms with Gasteiger partial charge in [0.05, 0.1) is 5.69 Å². The number of amides is 1. The predicted molar refractivity (Wildman–Crippen MR) is 91.8 cm³/mol. The first-order valence-electron chi connectivity index (χ1n) is 6.57. The summed E-state index contributed by atoms with van der Waals surface area (Å²) in [5.74, 6) is -0.146. The molecular weight excluding hydrogens is 377 g/mol. The molecule has 0 aliphatic heterocycles. The van der Waals surface area contributed by atoms with Crippen LogP contribution in [0, 0.1) is 17.4 Å². The summed E-state index contributed by atoms with van der Waals surface area (Å²) in [6.45, 7) is 3.85. The zero-order valence-electron chi connectivity index (χ0n) is 11.7. The third-order valence-corrected chi connectivity index (χ3v) is 3.98. The highest BCUT2D eigenvalue weighted by Gasteiger charge is 2.16. The minimum Gasteiger partial charge on any atom is -0.321 e. The zero-order valence-corrected chi connectivity index (χ0v) is 13.9. The first-order chi connectivity index (χ1) is 10.0. The molecule has 21 heavy (non-hydrogen) atoms. The number of carbonyl (C=O) groups is 1. The van der Waals surface area contributed by atoms with Crippen LogP contribution in [0.5, 0.6) is 0 Å². The number of imidazole rings is 1. The number of pyridine rings is 1. The summed E-state index contributed by atoms with van der Waals surface area (Å²) in [6, 6.07) is 11.6. The second-order valence-electron chi connectivity index (χ2n) is 4.94. The molecule has 1 aromatic carbocycles. The minimum absolute atomic E-state index is 0.146. The van der Waals surface area contributed by atoms with Gasteiger partial charge >= 0.3 is 0 Å². The Morgan fingerprint density at radius 2 is 1.86 bits per heavy atom. The van der Waals surface area contributed by atoms with E-state index < -0.39 is 0 Å². The third-order valence-electron chi connectivity index (χ3n) is 3.26. The second kappa shape index (κ2) is 5.48. The molecule has 0 spiro atoms. The lowest BCUT2D eigenvalue weighted by atomic mass is 10.2. The van der Waals surface area contributed by atoms with Gasteiger partial charge < -0.3 is 5.32 Å². The van der Waals surface area contributed by atoms with Gasteiger partial charge in [0.25, 0.3) is 5.91 Å². The quantitative estimate of drug-likeness (QED) is 0.676. The highest BCUT2D eigenvalue weighted by molar-refractivity contribution is 14.1. The number of benzene rings is 1. The van der Waals surface area contributed by atoms with Crippen LogP contribution in [0.3, 0.4) is 0 Å². The number of rotatable bonds is 2. The van der Waals surface area contributed by atoms with Crippen LogP contribution in [0.25, 0.3) is 5.65 Å². The molecule has 0 radical (unpaired) electrons. The molecule has 5 heteroatoms. The highest BCUT2D eigenvalue weighted by atomic mass is 127. The predicted octanol–water partition coefficient (Wildman–Crippen LogP) is 3.81. The van der Waals surface area contributed by atoms with Gasteiger partial charge in [-0.05, 0) is 72.3 Å². The van der Waals surface area contributed by atoms with E-state index in [1.54, 1.807) is 0 Å². The van der Waals surface area contributed by atoms with Crippen LogP contribution >= 0.6 is 22.6 Å². The zero-order chi connectivity index (χ0) is 15.0. The molecule has 0 fully saturated rings. The van der Waals surface area contributed by atoms with E-state index in [4.69, 9.17) is 0 Å².